The fourth-order valence-corrected chi connectivity index (χ4v) is 13.6. The average molecular weight is 1650 g/mol. The molecular weight excluding hydrogens is 1520 g/mol. The number of carbonyl (C=O) groups excluding carboxylic acids is 14. The van der Waals surface area contributed by atoms with Gasteiger partial charge in [0.2, 0.25) is 76.8 Å². The second-order valence-corrected chi connectivity index (χ2v) is 30.7. The van der Waals surface area contributed by atoms with Crippen LogP contribution in [-0.2, 0) is 83.1 Å². The van der Waals surface area contributed by atoms with Crippen molar-refractivity contribution in [2.24, 2.45) is 17.4 Å². The quantitative estimate of drug-likeness (QED) is 0.0243. The number of carboxylic acid groups (broad SMARTS) is 1. The number of phenolic OH excluding ortho intramolecular Hbond substituents is 1. The van der Waals surface area contributed by atoms with E-state index in [1.807, 2.05) is 0 Å². The maximum absolute atomic E-state index is 14.8. The van der Waals surface area contributed by atoms with Gasteiger partial charge in [-0.3, -0.25) is 67.1 Å². The lowest BCUT2D eigenvalue weighted by molar-refractivity contribution is -0.155. The summed E-state index contributed by atoms with van der Waals surface area (Å²) in [6.07, 6.45) is -6.17. The second-order valence-electron chi connectivity index (χ2n) is 30.7. The van der Waals surface area contributed by atoms with Crippen molar-refractivity contribution in [2.75, 3.05) is 32.7 Å². The predicted octanol–water partition coefficient (Wildman–Crippen LogP) is -5.65. The largest absolute Gasteiger partial charge is 0.508 e. The van der Waals surface area contributed by atoms with Gasteiger partial charge in [0.1, 0.15) is 84.4 Å². The van der Waals surface area contributed by atoms with Gasteiger partial charge in [-0.1, -0.05) is 97.1 Å². The number of aromatic hydroxyl groups is 1. The van der Waals surface area contributed by atoms with Crippen LogP contribution in [-0.4, -0.2) is 299 Å². The first-order chi connectivity index (χ1) is 54.7. The van der Waals surface area contributed by atoms with Crippen LogP contribution in [0.15, 0.2) is 24.3 Å². The molecule has 0 bridgehead atoms. The number of phenols is 1. The summed E-state index contributed by atoms with van der Waals surface area (Å²) in [5, 5.41) is 124. The number of rotatable bonds is 31. The van der Waals surface area contributed by atoms with Crippen molar-refractivity contribution >= 4 is 88.7 Å². The molecule has 40 heteroatoms. The number of fused-ring (bicyclic) bond motifs is 2. The minimum atomic E-state index is -2.25. The number of hydrogen-bond acceptors (Lipinski definition) is 26. The average Bonchev–Trinajstić information content (AvgIpc) is 1.64. The summed E-state index contributed by atoms with van der Waals surface area (Å²) in [6, 6.07) is -15.8. The van der Waals surface area contributed by atoms with E-state index >= 15 is 0 Å². The lowest BCUT2D eigenvalue weighted by Gasteiger charge is -2.34. The van der Waals surface area contributed by atoms with Gasteiger partial charge in [0.25, 0.3) is 0 Å². The number of benzene rings is 1. The van der Waals surface area contributed by atoms with Gasteiger partial charge in [0.05, 0.1) is 62.1 Å². The molecule has 1 aromatic carbocycles. The van der Waals surface area contributed by atoms with Crippen molar-refractivity contribution in [3.8, 4) is 5.75 Å². The first kappa shape index (κ1) is 99.1. The zero-order chi connectivity index (χ0) is 86.8. The minimum Gasteiger partial charge on any atom is -0.508 e. The second kappa shape index (κ2) is 49.7. The molecule has 654 valence electrons. The van der Waals surface area contributed by atoms with E-state index in [0.717, 1.165) is 90.4 Å². The third kappa shape index (κ3) is 32.7. The minimum absolute atomic E-state index is 0.0307. The maximum Gasteiger partial charge on any atom is 0.328 e. The number of esters is 1. The monoisotopic (exact) mass is 1650 g/mol. The van der Waals surface area contributed by atoms with E-state index < -0.39 is 255 Å². The predicted molar refractivity (Wildman–Crippen MR) is 414 cm³/mol. The number of aliphatic carboxylic acids is 1. The summed E-state index contributed by atoms with van der Waals surface area (Å²) >= 11 is 0. The summed E-state index contributed by atoms with van der Waals surface area (Å²) in [4.78, 5) is 212. The molecule has 116 heavy (non-hydrogen) atoms. The van der Waals surface area contributed by atoms with Crippen LogP contribution in [0.5, 0.6) is 5.75 Å². The lowest BCUT2D eigenvalue weighted by Crippen LogP contribution is -2.64. The molecule has 0 unspecified atom stereocenters. The third-order valence-corrected chi connectivity index (χ3v) is 20.3. The van der Waals surface area contributed by atoms with Crippen LogP contribution in [0.25, 0.3) is 0 Å². The topological polar surface area (TPSA) is 638 Å². The van der Waals surface area contributed by atoms with E-state index in [1.165, 1.54) is 45.0 Å². The van der Waals surface area contributed by atoms with E-state index in [1.54, 1.807) is 0 Å². The normalized spacial score (nSPS) is 27.3. The maximum atomic E-state index is 14.8. The molecule has 0 saturated carbocycles. The highest BCUT2D eigenvalue weighted by Gasteiger charge is 2.48. The fraction of sp³-hybridized carbons (Fsp3) is 0.724. The molecule has 24 N–H and O–H groups in total. The number of cyclic esters (lactones) is 1. The molecule has 0 spiro atoms. The highest BCUT2D eigenvalue weighted by Crippen LogP contribution is 2.25. The first-order valence-electron chi connectivity index (χ1n) is 40.0. The van der Waals surface area contributed by atoms with E-state index in [-0.39, 0.29) is 57.4 Å². The molecule has 3 aliphatic heterocycles. The summed E-state index contributed by atoms with van der Waals surface area (Å²) < 4.78 is 6.04. The van der Waals surface area contributed by atoms with Crippen LogP contribution in [0, 0.1) is 5.92 Å². The summed E-state index contributed by atoms with van der Waals surface area (Å²) in [5.74, 6) is -18.6. The molecule has 1 aromatic rings. The number of primary amides is 1. The Balaban J connectivity index is 1.83. The molecular formula is C76H125N15O25. The Hall–Kier alpha value is -9.29. The number of hydrogen-bond donors (Lipinski definition) is 22. The van der Waals surface area contributed by atoms with E-state index in [4.69, 9.17) is 16.2 Å². The van der Waals surface area contributed by atoms with Gasteiger partial charge in [-0.05, 0) is 116 Å². The molecule has 0 aromatic heterocycles. The van der Waals surface area contributed by atoms with E-state index in [0.29, 0.717) is 29.7 Å². The van der Waals surface area contributed by atoms with E-state index in [9.17, 15) is 118 Å². The van der Waals surface area contributed by atoms with Crippen molar-refractivity contribution < 1.29 is 123 Å². The van der Waals surface area contributed by atoms with Crippen molar-refractivity contribution in [1.29, 1.82) is 0 Å². The van der Waals surface area contributed by atoms with Crippen molar-refractivity contribution in [2.45, 2.75) is 312 Å². The Labute approximate surface area is 674 Å². The number of carbonyl (C=O) groups is 15. The van der Waals surface area contributed by atoms with Gasteiger partial charge in [-0.2, -0.15) is 0 Å². The molecule has 3 fully saturated rings. The van der Waals surface area contributed by atoms with Crippen LogP contribution >= 0.6 is 0 Å². The van der Waals surface area contributed by atoms with Gasteiger partial charge >= 0.3 is 11.9 Å². The summed E-state index contributed by atoms with van der Waals surface area (Å²) in [6.45, 7) is 9.00. The number of unbranched alkanes of at least 4 members (excludes halogenated alkanes) is 10. The number of aliphatic hydroxyl groups is 7. The number of ether oxygens (including phenoxy) is 1. The SMILES string of the molecule is CCCCCCCCCCCCC[C@@H]1CC(=O)N[C@H]([C@@H](C)O)C(=O)N[C@H](C)C(=O)N[C@@H](Cc2ccc(O)cc2)C(=O)N[C@@H](C(C)C)C(=O)N2C[C@H](O)C[C@H]2C(=O)N[C@H]([C@@H](C)O)C(=O)N[C@@H]([C@@H](C)O)C(=O)N2CC[C@H](O)[C@H]2C(=O)N[C@@H]([C@H](O)CC(N)=O)C(=O)NCC(=O)N[C@H]([C@@H](C)O)C(=O)N[C@@H](CCCNCCC[C@H](N)C(=O)O)C(=O)O1. The van der Waals surface area contributed by atoms with Crippen LogP contribution < -0.4 is 70.0 Å². The molecule has 40 nitrogen and oxygen atoms in total. The van der Waals surface area contributed by atoms with Gasteiger partial charge in [-0.15, -0.1) is 0 Å². The standard InChI is InChI=1S/C76H125N15O25/c1-9-10-11-12-13-14-15-16-17-18-19-22-48-35-56(101)84-59(41(5)92)69(107)81-40(4)65(103)83-51(33-45-25-27-46(96)28-26-45)66(104)86-58(39(2)3)73(111)91-38-47(97)34-52(91)67(105)87-61(43(7)94)71(109)88-62(44(8)95)74(112)90-32-29-53(98)64(90)72(110)89-63(54(99)36-55(78)100)68(106)80-37-57(102)85-60(42(6)93)70(108)82-50(76(115)116-48)24-21-31-79-30-20-23-49(77)75(113)114/h25-28,39-44,47-54,58-64,79,92-99H,9-24,29-38,77H2,1-8H3,(H2,78,100)(H,80,106)(H,81,107)(H,82,108)(H,83,103)(H,84,101)(H,85,102)(H,86,104)(H,87,105)(H,88,109)(H,89,110)(H,113,114)/t40-,41-,42-,43-,44-,47-,48-,49+,50+,51+,52+,53+,54-,58+,59-,60-,61-,62+,63+,64+/m1/s1. The summed E-state index contributed by atoms with van der Waals surface area (Å²) in [7, 11) is 0. The highest BCUT2D eigenvalue weighted by atomic mass is 16.5. The van der Waals surface area contributed by atoms with E-state index in [2.05, 4.69) is 65.4 Å². The van der Waals surface area contributed by atoms with Crippen LogP contribution in [0.2, 0.25) is 0 Å². The number of nitrogens with one attached hydrogen (secondary N) is 11. The van der Waals surface area contributed by atoms with Gasteiger partial charge in [0.15, 0.2) is 0 Å². The number of nitrogens with two attached hydrogens (primary N) is 2. The highest BCUT2D eigenvalue weighted by molar-refractivity contribution is 6.00. The van der Waals surface area contributed by atoms with Crippen LogP contribution in [0.4, 0.5) is 0 Å². The Morgan fingerprint density at radius 3 is 1.64 bits per heavy atom. The Kier molecular flexibility index (Phi) is 42.4. The lowest BCUT2D eigenvalue weighted by atomic mass is 9.99. The van der Waals surface area contributed by atoms with Crippen LogP contribution in [0.1, 0.15) is 189 Å². The van der Waals surface area contributed by atoms with Crippen molar-refractivity contribution in [1.82, 2.24) is 68.3 Å². The number of carboxylic acids is 1. The van der Waals surface area contributed by atoms with Gasteiger partial charge < -0.3 is 130 Å². The molecule has 4 rings (SSSR count). The fourth-order valence-electron chi connectivity index (χ4n) is 13.6. The zero-order valence-corrected chi connectivity index (χ0v) is 67.4. The number of amides is 13. The third-order valence-electron chi connectivity index (χ3n) is 20.3. The smallest absolute Gasteiger partial charge is 0.328 e. The van der Waals surface area contributed by atoms with Gasteiger partial charge in [0, 0.05) is 25.9 Å². The van der Waals surface area contributed by atoms with Crippen molar-refractivity contribution in [3.63, 3.8) is 0 Å². The Morgan fingerprint density at radius 2 is 1.07 bits per heavy atom. The number of nitrogens with zero attached hydrogens (tertiary/aromatic N) is 2. The van der Waals surface area contributed by atoms with Crippen LogP contribution in [0.3, 0.4) is 0 Å². The summed E-state index contributed by atoms with van der Waals surface area (Å²) in [5.41, 5.74) is 11.4. The molecule has 3 heterocycles. The first-order valence-corrected chi connectivity index (χ1v) is 40.0. The Bertz CT molecular complexity index is 3440. The number of aliphatic hydroxyl groups excluding tert-OH is 7. The molecule has 20 atom stereocenters. The molecule has 0 radical (unpaired) electrons. The van der Waals surface area contributed by atoms with Crippen molar-refractivity contribution in [3.05, 3.63) is 29.8 Å². The zero-order valence-electron chi connectivity index (χ0n) is 67.4. The molecule has 13 amide bonds. The Morgan fingerprint density at radius 1 is 0.560 bits per heavy atom. The molecule has 3 saturated heterocycles. The molecule has 0 aliphatic carbocycles. The van der Waals surface area contributed by atoms with Gasteiger partial charge in [-0.25, -0.2) is 4.79 Å². The molecule has 3 aliphatic rings.